The van der Waals surface area contributed by atoms with Crippen molar-refractivity contribution in [2.45, 2.75) is 32.0 Å². The minimum atomic E-state index is -0.914. The number of benzene rings is 2. The van der Waals surface area contributed by atoms with Crippen molar-refractivity contribution in [3.63, 3.8) is 0 Å². The molecule has 1 unspecified atom stereocenters. The number of aryl methyl sites for hydroxylation is 1. The smallest absolute Gasteiger partial charge is 0.289 e. The highest BCUT2D eigenvalue weighted by Gasteiger charge is 2.38. The first-order valence-electron chi connectivity index (χ1n) is 12.3. The summed E-state index contributed by atoms with van der Waals surface area (Å²) in [5.74, 6) is -1.54. The minimum Gasteiger partial charge on any atom is -0.361 e. The van der Waals surface area contributed by atoms with Crippen LogP contribution in [0.3, 0.4) is 0 Å². The highest BCUT2D eigenvalue weighted by Crippen LogP contribution is 2.37. The summed E-state index contributed by atoms with van der Waals surface area (Å²) < 4.78 is 44.8. The lowest BCUT2D eigenvalue weighted by molar-refractivity contribution is 0.129. The molecule has 0 spiro atoms. The molecule has 1 fully saturated rings. The molecule has 2 aromatic heterocycles. The third-order valence-corrected chi connectivity index (χ3v) is 7.26. The van der Waals surface area contributed by atoms with Gasteiger partial charge in [0.25, 0.3) is 11.4 Å². The van der Waals surface area contributed by atoms with Crippen molar-refractivity contribution >= 4 is 22.5 Å². The van der Waals surface area contributed by atoms with Gasteiger partial charge in [0.2, 0.25) is 11.3 Å². The van der Waals surface area contributed by atoms with E-state index in [0.29, 0.717) is 18.6 Å². The average molecular weight is 518 g/mol. The molecule has 2 aromatic carbocycles. The van der Waals surface area contributed by atoms with Crippen LogP contribution in [-0.2, 0) is 7.05 Å². The number of aromatic nitrogens is 2. The molecule has 6 nitrogen and oxygen atoms in total. The molecule has 0 N–H and O–H groups in total. The minimum absolute atomic E-state index is 0.0803. The fourth-order valence-electron chi connectivity index (χ4n) is 5.39. The zero-order chi connectivity index (χ0) is 27.1. The summed E-state index contributed by atoms with van der Waals surface area (Å²) in [6.07, 6.45) is 0. The van der Waals surface area contributed by atoms with Crippen LogP contribution in [0.5, 0.6) is 0 Å². The van der Waals surface area contributed by atoms with E-state index in [0.717, 1.165) is 11.1 Å². The Labute approximate surface area is 218 Å². The average Bonchev–Trinajstić information content (AvgIpc) is 2.91. The Bertz CT molecular complexity index is 1610. The van der Waals surface area contributed by atoms with Gasteiger partial charge in [0.05, 0.1) is 11.6 Å². The summed E-state index contributed by atoms with van der Waals surface area (Å²) in [7, 11) is 1.48. The molecule has 1 saturated heterocycles. The van der Waals surface area contributed by atoms with Crippen molar-refractivity contribution in [2.24, 2.45) is 7.05 Å². The van der Waals surface area contributed by atoms with E-state index in [2.05, 4.69) is 14.7 Å². The van der Waals surface area contributed by atoms with E-state index >= 15 is 4.39 Å². The monoisotopic (exact) mass is 517 g/mol. The zero-order valence-corrected chi connectivity index (χ0v) is 21.2. The van der Waals surface area contributed by atoms with E-state index in [-0.39, 0.29) is 46.8 Å². The first-order chi connectivity index (χ1) is 18.2. The van der Waals surface area contributed by atoms with E-state index in [1.54, 1.807) is 24.3 Å². The number of hydrogen-bond donors (Lipinski definition) is 0. The lowest BCUT2D eigenvalue weighted by Crippen LogP contribution is -2.58. The number of pyridine rings is 2. The zero-order valence-electron chi connectivity index (χ0n) is 21.2. The molecule has 3 heterocycles. The second-order valence-electron chi connectivity index (χ2n) is 9.73. The van der Waals surface area contributed by atoms with Crippen LogP contribution in [0.4, 0.5) is 24.7 Å². The van der Waals surface area contributed by atoms with Gasteiger partial charge >= 0.3 is 0 Å². The molecule has 0 bridgehead atoms. The summed E-state index contributed by atoms with van der Waals surface area (Å²) in [4.78, 5) is 24.6. The van der Waals surface area contributed by atoms with E-state index < -0.39 is 11.4 Å². The van der Waals surface area contributed by atoms with Gasteiger partial charge in [-0.15, -0.1) is 4.98 Å². The van der Waals surface area contributed by atoms with Crippen LogP contribution in [0.25, 0.3) is 15.9 Å². The van der Waals surface area contributed by atoms with Gasteiger partial charge in [0.15, 0.2) is 0 Å². The first-order valence-corrected chi connectivity index (χ1v) is 12.3. The molecule has 1 aliphatic rings. The van der Waals surface area contributed by atoms with Crippen molar-refractivity contribution < 1.29 is 13.2 Å². The van der Waals surface area contributed by atoms with E-state index in [4.69, 9.17) is 6.57 Å². The van der Waals surface area contributed by atoms with Crippen LogP contribution in [0.15, 0.2) is 65.5 Å². The molecule has 0 radical (unpaired) electrons. The molecule has 9 heteroatoms. The van der Waals surface area contributed by atoms with Gasteiger partial charge in [-0.25, -0.2) is 8.78 Å². The van der Waals surface area contributed by atoms with E-state index in [1.807, 2.05) is 24.8 Å². The van der Waals surface area contributed by atoms with Crippen LogP contribution in [0, 0.1) is 24.0 Å². The second kappa shape index (κ2) is 9.95. The van der Waals surface area contributed by atoms with Crippen LogP contribution < -0.4 is 10.5 Å². The highest BCUT2D eigenvalue weighted by molar-refractivity contribution is 5.90. The van der Waals surface area contributed by atoms with Gasteiger partial charge in [-0.2, -0.15) is 4.39 Å². The Hall–Kier alpha value is -4.16. The topological polar surface area (TPSA) is 45.7 Å². The maximum Gasteiger partial charge on any atom is 0.289 e. The van der Waals surface area contributed by atoms with Gasteiger partial charge in [-0.1, -0.05) is 30.8 Å². The number of piperazine rings is 1. The summed E-state index contributed by atoms with van der Waals surface area (Å²) in [5.41, 5.74) is 1.53. The van der Waals surface area contributed by atoms with Crippen LogP contribution in [0.1, 0.15) is 31.0 Å². The molecule has 4 aromatic rings. The number of rotatable bonds is 4. The Kier molecular flexibility index (Phi) is 6.67. The summed E-state index contributed by atoms with van der Waals surface area (Å²) in [6, 6.07) is 14.8. The Balaban J connectivity index is 1.59. The summed E-state index contributed by atoms with van der Waals surface area (Å²) in [5, 5.41) is 0. The van der Waals surface area contributed by atoms with Crippen molar-refractivity contribution in [1.29, 1.82) is 0 Å². The molecule has 0 aliphatic carbocycles. The normalized spacial score (nSPS) is 18.9. The maximum atomic E-state index is 15.6. The molecular formula is C29H26F3N5O. The highest BCUT2D eigenvalue weighted by atomic mass is 19.1. The van der Waals surface area contributed by atoms with Gasteiger partial charge in [0, 0.05) is 32.2 Å². The molecule has 0 saturated carbocycles. The molecular weight excluding hydrogens is 491 g/mol. The fourth-order valence-corrected chi connectivity index (χ4v) is 5.39. The quantitative estimate of drug-likeness (QED) is 0.331. The van der Waals surface area contributed by atoms with Gasteiger partial charge < -0.3 is 14.3 Å². The molecule has 1 aliphatic heterocycles. The SMILES string of the molecule is [C-]#[N+]c1ccc2c(n1)c(N1C[C@@H](C)N(C(c3ccc(F)cc3)c3cccc(F)c3)C[C@@H]1C)c(F)c(=O)n2C. The standard InChI is InChI=1S/C29H26F3N5O/c1-17-16-37(28-25(32)29(38)35(4)23-12-13-24(33-3)34-26(23)28)18(2)15-36(17)27(19-8-10-21(30)11-9-19)20-6-5-7-22(31)14-20/h5-14,17-18,27H,15-16H2,1-2,4H3/t17-,18+,27?/m1/s1. The Morgan fingerprint density at radius 3 is 2.37 bits per heavy atom. The summed E-state index contributed by atoms with van der Waals surface area (Å²) >= 11 is 0. The van der Waals surface area contributed by atoms with Crippen LogP contribution in [-0.4, -0.2) is 39.6 Å². The number of halogens is 3. The lowest BCUT2D eigenvalue weighted by atomic mass is 9.93. The third-order valence-electron chi connectivity index (χ3n) is 7.26. The molecule has 5 rings (SSSR count). The number of nitrogens with zero attached hydrogens (tertiary/aromatic N) is 5. The maximum absolute atomic E-state index is 15.6. The Morgan fingerprint density at radius 1 is 0.947 bits per heavy atom. The first kappa shape index (κ1) is 25.5. The largest absolute Gasteiger partial charge is 0.361 e. The van der Waals surface area contributed by atoms with Gasteiger partial charge in [-0.3, -0.25) is 9.69 Å². The number of fused-ring (bicyclic) bond motifs is 1. The number of hydrogen-bond acceptors (Lipinski definition) is 4. The predicted molar refractivity (Wildman–Crippen MR) is 141 cm³/mol. The molecule has 0 amide bonds. The van der Waals surface area contributed by atoms with Gasteiger partial charge in [-0.05, 0) is 61.4 Å². The molecule has 38 heavy (non-hydrogen) atoms. The fraction of sp³-hybridized carbons (Fsp3) is 0.276. The van der Waals surface area contributed by atoms with Crippen molar-refractivity contribution in [2.75, 3.05) is 18.0 Å². The van der Waals surface area contributed by atoms with Crippen molar-refractivity contribution in [3.05, 3.63) is 111 Å². The second-order valence-corrected chi connectivity index (χ2v) is 9.73. The van der Waals surface area contributed by atoms with Crippen molar-refractivity contribution in [1.82, 2.24) is 14.5 Å². The third kappa shape index (κ3) is 4.41. The van der Waals surface area contributed by atoms with Gasteiger partial charge in [0.1, 0.15) is 17.3 Å². The van der Waals surface area contributed by atoms with E-state index in [9.17, 15) is 13.6 Å². The molecule has 3 atom stereocenters. The Morgan fingerprint density at radius 2 is 1.68 bits per heavy atom. The molecule has 194 valence electrons. The lowest BCUT2D eigenvalue weighted by Gasteiger charge is -2.48. The van der Waals surface area contributed by atoms with Crippen LogP contribution in [0.2, 0.25) is 0 Å². The van der Waals surface area contributed by atoms with Crippen LogP contribution >= 0.6 is 0 Å². The van der Waals surface area contributed by atoms with Crippen molar-refractivity contribution in [3.8, 4) is 0 Å². The number of anilines is 1. The predicted octanol–water partition coefficient (Wildman–Crippen LogP) is 5.59. The van der Waals surface area contributed by atoms with E-state index in [1.165, 1.54) is 41.9 Å². The summed E-state index contributed by atoms with van der Waals surface area (Å²) in [6.45, 7) is 12.0.